The number of rotatable bonds is 9. The predicted molar refractivity (Wildman–Crippen MR) is 124 cm³/mol. The van der Waals surface area contributed by atoms with Gasteiger partial charge in [0.05, 0.1) is 0 Å². The zero-order valence-corrected chi connectivity index (χ0v) is 18.6. The minimum absolute atomic E-state index is 0. The topological polar surface area (TPSA) is 58.4 Å². The summed E-state index contributed by atoms with van der Waals surface area (Å²) in [6, 6.07) is 16.2. The molecule has 0 aliphatic rings. The largest absolute Gasteiger partial charge is 0.356 e. The summed E-state index contributed by atoms with van der Waals surface area (Å²) in [6.07, 6.45) is 5.89. The summed E-state index contributed by atoms with van der Waals surface area (Å²) in [5, 5.41) is 6.79. The van der Waals surface area contributed by atoms with Crippen LogP contribution in [0, 0.1) is 0 Å². The lowest BCUT2D eigenvalue weighted by atomic mass is 10.1. The Morgan fingerprint density at radius 1 is 1.11 bits per heavy atom. The molecule has 0 bridgehead atoms. The maximum Gasteiger partial charge on any atom is 0.250 e. The zero-order valence-electron chi connectivity index (χ0n) is 16.2. The van der Waals surface area contributed by atoms with Gasteiger partial charge in [-0.25, -0.2) is 0 Å². The monoisotopic (exact) mass is 482 g/mol. The molecule has 5 nitrogen and oxygen atoms in total. The van der Waals surface area contributed by atoms with Gasteiger partial charge in [-0.05, 0) is 44.2 Å². The molecule has 1 heterocycles. The second-order valence-corrected chi connectivity index (χ2v) is 6.51. The Balaban J connectivity index is 0.00000364. The fourth-order valence-corrected chi connectivity index (χ4v) is 2.79. The van der Waals surface area contributed by atoms with Crippen LogP contribution in [-0.4, -0.2) is 30.2 Å². The van der Waals surface area contributed by atoms with Gasteiger partial charge in [0, 0.05) is 38.4 Å². The average Bonchev–Trinajstić information content (AvgIpc) is 2.67. The number of hydrogen-bond donors (Lipinski definition) is 2. The van der Waals surface area contributed by atoms with Crippen LogP contribution in [0.25, 0.3) is 0 Å². The first-order chi connectivity index (χ1) is 12.7. The number of halogens is 1. The number of pyridine rings is 1. The number of nitrogens with one attached hydrogen (secondary N) is 2. The molecule has 1 aromatic heterocycles. The maximum atomic E-state index is 11.6. The maximum absolute atomic E-state index is 11.6. The van der Waals surface area contributed by atoms with Crippen LogP contribution in [0.4, 0.5) is 0 Å². The standard InChI is InChI=1S/C21H30N4O.HI/c1-18(13-14-19-10-4-3-5-11-19)24-21(22-2)23-15-7-9-17-25-16-8-6-12-20(25)26;/h3-6,8,10-12,16,18H,7,9,13-15,17H2,1-2H3,(H2,22,23,24);1H. The molecule has 0 fully saturated rings. The number of benzene rings is 1. The van der Waals surface area contributed by atoms with E-state index in [1.807, 2.05) is 18.3 Å². The second-order valence-electron chi connectivity index (χ2n) is 6.51. The minimum Gasteiger partial charge on any atom is -0.356 e. The Kier molecular flexibility index (Phi) is 11.5. The van der Waals surface area contributed by atoms with E-state index in [2.05, 4.69) is 46.8 Å². The van der Waals surface area contributed by atoms with Crippen LogP contribution < -0.4 is 16.2 Å². The molecule has 0 saturated heterocycles. The van der Waals surface area contributed by atoms with Crippen molar-refractivity contribution in [1.29, 1.82) is 0 Å². The summed E-state index contributed by atoms with van der Waals surface area (Å²) in [7, 11) is 1.79. The Bertz CT molecular complexity index is 730. The van der Waals surface area contributed by atoms with E-state index < -0.39 is 0 Å². The van der Waals surface area contributed by atoms with Gasteiger partial charge in [0.1, 0.15) is 0 Å². The van der Waals surface area contributed by atoms with E-state index in [0.717, 1.165) is 44.7 Å². The van der Waals surface area contributed by atoms with Gasteiger partial charge in [0.15, 0.2) is 5.96 Å². The summed E-state index contributed by atoms with van der Waals surface area (Å²) in [4.78, 5) is 15.9. The van der Waals surface area contributed by atoms with Crippen molar-refractivity contribution in [3.63, 3.8) is 0 Å². The Morgan fingerprint density at radius 3 is 2.56 bits per heavy atom. The van der Waals surface area contributed by atoms with Crippen LogP contribution in [0.1, 0.15) is 31.7 Å². The van der Waals surface area contributed by atoms with Crippen molar-refractivity contribution in [2.45, 2.75) is 45.2 Å². The third kappa shape index (κ3) is 9.08. The summed E-state index contributed by atoms with van der Waals surface area (Å²) in [5.41, 5.74) is 1.42. The van der Waals surface area contributed by atoms with Gasteiger partial charge < -0.3 is 15.2 Å². The van der Waals surface area contributed by atoms with E-state index in [9.17, 15) is 4.79 Å². The molecular formula is C21H31IN4O. The van der Waals surface area contributed by atoms with Gasteiger partial charge in [-0.3, -0.25) is 9.79 Å². The fourth-order valence-electron chi connectivity index (χ4n) is 2.79. The van der Waals surface area contributed by atoms with Crippen molar-refractivity contribution in [3.05, 3.63) is 70.6 Å². The molecule has 0 aliphatic carbocycles. The molecule has 148 valence electrons. The van der Waals surface area contributed by atoms with E-state index in [-0.39, 0.29) is 29.5 Å². The number of guanidine groups is 1. The lowest BCUT2D eigenvalue weighted by Crippen LogP contribution is -2.42. The van der Waals surface area contributed by atoms with Gasteiger partial charge in [0.2, 0.25) is 5.56 Å². The molecule has 0 saturated carbocycles. The first-order valence-electron chi connectivity index (χ1n) is 9.35. The molecular weight excluding hydrogens is 451 g/mol. The van der Waals surface area contributed by atoms with Gasteiger partial charge in [0.25, 0.3) is 0 Å². The third-order valence-electron chi connectivity index (χ3n) is 4.33. The molecule has 0 radical (unpaired) electrons. The molecule has 1 unspecified atom stereocenters. The molecule has 0 aliphatic heterocycles. The molecule has 2 N–H and O–H groups in total. The molecule has 2 aromatic rings. The number of aliphatic imine (C=N–C) groups is 1. The third-order valence-corrected chi connectivity index (χ3v) is 4.33. The zero-order chi connectivity index (χ0) is 18.6. The lowest BCUT2D eigenvalue weighted by molar-refractivity contribution is 0.570. The minimum atomic E-state index is 0. The van der Waals surface area contributed by atoms with Gasteiger partial charge >= 0.3 is 0 Å². The number of hydrogen-bond acceptors (Lipinski definition) is 2. The van der Waals surface area contributed by atoms with Crippen molar-refractivity contribution >= 4 is 29.9 Å². The van der Waals surface area contributed by atoms with E-state index in [0.29, 0.717) is 6.04 Å². The highest BCUT2D eigenvalue weighted by Crippen LogP contribution is 2.04. The van der Waals surface area contributed by atoms with E-state index in [1.54, 1.807) is 23.7 Å². The first kappa shape index (κ1) is 23.2. The molecule has 6 heteroatoms. The SMILES string of the molecule is CN=C(NCCCCn1ccccc1=O)NC(C)CCc1ccccc1.I. The fraction of sp³-hybridized carbons (Fsp3) is 0.429. The smallest absolute Gasteiger partial charge is 0.250 e. The molecule has 0 amide bonds. The highest BCUT2D eigenvalue weighted by molar-refractivity contribution is 14.0. The lowest BCUT2D eigenvalue weighted by Gasteiger charge is -2.18. The van der Waals surface area contributed by atoms with Crippen molar-refractivity contribution < 1.29 is 0 Å². The van der Waals surface area contributed by atoms with E-state index in [1.165, 1.54) is 5.56 Å². The van der Waals surface area contributed by atoms with Gasteiger partial charge in [-0.2, -0.15) is 0 Å². The van der Waals surface area contributed by atoms with Crippen LogP contribution in [-0.2, 0) is 13.0 Å². The Hall–Kier alpha value is -1.83. The highest BCUT2D eigenvalue weighted by Gasteiger charge is 2.05. The van der Waals surface area contributed by atoms with Crippen molar-refractivity contribution in [2.75, 3.05) is 13.6 Å². The second kappa shape index (κ2) is 13.4. The molecule has 1 aromatic carbocycles. The van der Waals surface area contributed by atoms with Crippen LogP contribution in [0.15, 0.2) is 64.5 Å². The van der Waals surface area contributed by atoms with Crippen LogP contribution in [0.5, 0.6) is 0 Å². The summed E-state index contributed by atoms with van der Waals surface area (Å²) < 4.78 is 1.75. The van der Waals surface area contributed by atoms with Crippen LogP contribution in [0.2, 0.25) is 0 Å². The van der Waals surface area contributed by atoms with Gasteiger partial charge in [-0.1, -0.05) is 36.4 Å². The summed E-state index contributed by atoms with van der Waals surface area (Å²) in [6.45, 7) is 3.77. The highest BCUT2D eigenvalue weighted by atomic mass is 127. The molecule has 0 spiro atoms. The van der Waals surface area contributed by atoms with Gasteiger partial charge in [-0.15, -0.1) is 24.0 Å². The molecule has 2 rings (SSSR count). The quantitative estimate of drug-likeness (QED) is 0.249. The normalized spacial score (nSPS) is 12.1. The summed E-state index contributed by atoms with van der Waals surface area (Å²) in [5.74, 6) is 0.836. The van der Waals surface area contributed by atoms with Crippen molar-refractivity contribution in [2.24, 2.45) is 4.99 Å². The predicted octanol–water partition coefficient (Wildman–Crippen LogP) is 3.43. The van der Waals surface area contributed by atoms with E-state index >= 15 is 0 Å². The average molecular weight is 482 g/mol. The van der Waals surface area contributed by atoms with Crippen LogP contribution >= 0.6 is 24.0 Å². The first-order valence-corrected chi connectivity index (χ1v) is 9.35. The molecule has 1 atom stereocenters. The van der Waals surface area contributed by atoms with Crippen molar-refractivity contribution in [1.82, 2.24) is 15.2 Å². The Labute approximate surface area is 179 Å². The van der Waals surface area contributed by atoms with E-state index in [4.69, 9.17) is 0 Å². The Morgan fingerprint density at radius 2 is 1.85 bits per heavy atom. The van der Waals surface area contributed by atoms with Crippen LogP contribution in [0.3, 0.4) is 0 Å². The molecule has 27 heavy (non-hydrogen) atoms. The number of nitrogens with zero attached hydrogens (tertiary/aromatic N) is 2. The number of unbranched alkanes of at least 4 members (excludes halogenated alkanes) is 1. The number of aromatic nitrogens is 1. The van der Waals surface area contributed by atoms with Crippen molar-refractivity contribution in [3.8, 4) is 0 Å². The summed E-state index contributed by atoms with van der Waals surface area (Å²) >= 11 is 0. The number of aryl methyl sites for hydroxylation is 2.